The van der Waals surface area contributed by atoms with Crippen molar-refractivity contribution in [1.82, 2.24) is 15.1 Å². The minimum atomic E-state index is -2.47. The van der Waals surface area contributed by atoms with Crippen molar-refractivity contribution in [2.45, 2.75) is 45.8 Å². The number of hydrogen-bond donors (Lipinski definition) is 1. The molecule has 6 heteroatoms. The van der Waals surface area contributed by atoms with Gasteiger partial charge in [-0.15, -0.1) is 0 Å². The molecule has 1 N–H and O–H groups in total. The van der Waals surface area contributed by atoms with E-state index in [4.69, 9.17) is 13.0 Å². The summed E-state index contributed by atoms with van der Waals surface area (Å²) < 4.78 is 70.1. The summed E-state index contributed by atoms with van der Waals surface area (Å²) in [6.45, 7) is -2.01. The van der Waals surface area contributed by atoms with Gasteiger partial charge in [-0.05, 0) is 74.2 Å². The first kappa shape index (κ1) is 16.1. The standard InChI is InChI=1S/C25H34FN3O2/c1-19(2)18-31-24-10-6-20(7-11-24)16-27-25(30)29(23-12-14-28(3)15-13-23)17-21-4-8-22(26)9-5-21/h4-11,19,23H,12-18H2,1-3H3,(H,27,30)/i14D2,15D2,17D2. The van der Waals surface area contributed by atoms with Gasteiger partial charge in [0.2, 0.25) is 0 Å². The number of nitrogens with one attached hydrogen (secondary N) is 1. The second-order valence-corrected chi connectivity index (χ2v) is 7.93. The van der Waals surface area contributed by atoms with Crippen LogP contribution >= 0.6 is 0 Å². The van der Waals surface area contributed by atoms with Crippen molar-refractivity contribution in [3.05, 3.63) is 65.5 Å². The lowest BCUT2D eigenvalue weighted by atomic mass is 10.0. The van der Waals surface area contributed by atoms with Gasteiger partial charge in [0, 0.05) is 24.6 Å². The normalized spacial score (nSPS) is 21.7. The lowest BCUT2D eigenvalue weighted by Gasteiger charge is -2.37. The Morgan fingerprint density at radius 3 is 2.42 bits per heavy atom. The molecule has 2 amide bonds. The van der Waals surface area contributed by atoms with Crippen LogP contribution in [0.4, 0.5) is 9.18 Å². The number of halogens is 1. The summed E-state index contributed by atoms with van der Waals surface area (Å²) in [5.41, 5.74) is 0.734. The third-order valence-corrected chi connectivity index (χ3v) is 4.76. The smallest absolute Gasteiger partial charge is 0.318 e. The Labute approximate surface area is 193 Å². The molecular weight excluding hydrogens is 393 g/mol. The van der Waals surface area contributed by atoms with Gasteiger partial charge in [-0.2, -0.15) is 0 Å². The molecule has 2 aromatic carbocycles. The predicted molar refractivity (Wildman–Crippen MR) is 121 cm³/mol. The topological polar surface area (TPSA) is 44.8 Å². The van der Waals surface area contributed by atoms with Crippen LogP contribution in [0.15, 0.2) is 48.5 Å². The molecule has 168 valence electrons. The van der Waals surface area contributed by atoms with Gasteiger partial charge in [0.15, 0.2) is 0 Å². The summed E-state index contributed by atoms with van der Waals surface area (Å²) in [5.74, 6) is 0.496. The zero-order valence-electron chi connectivity index (χ0n) is 24.2. The van der Waals surface area contributed by atoms with Crippen LogP contribution in [0.5, 0.6) is 5.75 Å². The maximum Gasteiger partial charge on any atom is 0.318 e. The highest BCUT2D eigenvalue weighted by Gasteiger charge is 2.27. The van der Waals surface area contributed by atoms with Crippen LogP contribution in [0.3, 0.4) is 0 Å². The Morgan fingerprint density at radius 1 is 1.19 bits per heavy atom. The van der Waals surface area contributed by atoms with Gasteiger partial charge >= 0.3 is 6.03 Å². The fourth-order valence-electron chi connectivity index (χ4n) is 3.00. The molecule has 1 saturated heterocycles. The van der Waals surface area contributed by atoms with Gasteiger partial charge in [0.1, 0.15) is 11.6 Å². The van der Waals surface area contributed by atoms with Crippen molar-refractivity contribution >= 4 is 6.03 Å². The number of carbonyl (C=O) groups excluding carboxylic acids is 1. The Morgan fingerprint density at radius 2 is 1.81 bits per heavy atom. The molecule has 0 aromatic heterocycles. The summed E-state index contributed by atoms with van der Waals surface area (Å²) >= 11 is 0. The average molecular weight is 434 g/mol. The largest absolute Gasteiger partial charge is 0.493 e. The summed E-state index contributed by atoms with van der Waals surface area (Å²) in [7, 11) is 1.32. The monoisotopic (exact) mass is 433 g/mol. The number of carbonyl (C=O) groups is 1. The van der Waals surface area contributed by atoms with Crippen LogP contribution in [0, 0.1) is 11.7 Å². The molecule has 31 heavy (non-hydrogen) atoms. The van der Waals surface area contributed by atoms with Crippen LogP contribution in [0.1, 0.15) is 46.0 Å². The second-order valence-electron chi connectivity index (χ2n) is 7.93. The molecule has 3 rings (SSSR count). The average Bonchev–Trinajstić information content (AvgIpc) is 2.80. The minimum absolute atomic E-state index is 0.00393. The highest BCUT2D eigenvalue weighted by Crippen LogP contribution is 2.19. The van der Waals surface area contributed by atoms with Crippen LogP contribution in [0.25, 0.3) is 0 Å². The van der Waals surface area contributed by atoms with Crippen LogP contribution in [-0.2, 0) is 13.0 Å². The van der Waals surface area contributed by atoms with E-state index >= 15 is 0 Å². The minimum Gasteiger partial charge on any atom is -0.493 e. The number of likely N-dealkylation sites (tertiary alicyclic amines) is 1. The summed E-state index contributed by atoms with van der Waals surface area (Å²) in [6, 6.07) is 9.79. The molecule has 0 unspecified atom stereocenters. The number of hydrogen-bond acceptors (Lipinski definition) is 3. The fourth-order valence-corrected chi connectivity index (χ4v) is 3.00. The third kappa shape index (κ3) is 7.24. The number of piperidine rings is 1. The van der Waals surface area contributed by atoms with Crippen molar-refractivity contribution in [3.8, 4) is 5.75 Å². The highest BCUT2D eigenvalue weighted by atomic mass is 19.1. The van der Waals surface area contributed by atoms with Gasteiger partial charge in [-0.1, -0.05) is 38.1 Å². The quantitative estimate of drug-likeness (QED) is 0.658. The number of nitrogens with zero attached hydrogens (tertiary/aromatic N) is 2. The fraction of sp³-hybridized carbons (Fsp3) is 0.480. The van der Waals surface area contributed by atoms with Crippen LogP contribution in [-0.4, -0.2) is 48.5 Å². The highest BCUT2D eigenvalue weighted by molar-refractivity contribution is 5.74. The van der Waals surface area contributed by atoms with E-state index in [1.165, 1.54) is 19.2 Å². The van der Waals surface area contributed by atoms with Crippen molar-refractivity contribution < 1.29 is 22.1 Å². The van der Waals surface area contributed by atoms with Crippen LogP contribution in [0.2, 0.25) is 0 Å². The Balaban J connectivity index is 1.86. The molecule has 0 radical (unpaired) electrons. The number of ether oxygens (including phenoxy) is 1. The Bertz CT molecular complexity index is 1050. The number of amides is 2. The van der Waals surface area contributed by atoms with Gasteiger partial charge in [0.25, 0.3) is 0 Å². The van der Waals surface area contributed by atoms with E-state index in [9.17, 15) is 9.18 Å². The van der Waals surface area contributed by atoms with Crippen LogP contribution < -0.4 is 10.1 Å². The molecule has 0 bridgehead atoms. The molecule has 1 fully saturated rings. The first-order valence-corrected chi connectivity index (χ1v) is 10.4. The molecule has 0 aliphatic carbocycles. The van der Waals surface area contributed by atoms with Gasteiger partial charge in [-0.25, -0.2) is 9.18 Å². The Kier molecular flexibility index (Phi) is 5.78. The summed E-state index contributed by atoms with van der Waals surface area (Å²) in [5, 5.41) is 2.69. The maximum atomic E-state index is 13.5. The molecule has 5 nitrogen and oxygen atoms in total. The summed E-state index contributed by atoms with van der Waals surface area (Å²) in [4.78, 5) is 15.3. The number of urea groups is 1. The maximum absolute atomic E-state index is 13.5. The van der Waals surface area contributed by atoms with Crippen molar-refractivity contribution in [3.63, 3.8) is 0 Å². The lowest BCUT2D eigenvalue weighted by molar-refractivity contribution is 0.127. The second kappa shape index (κ2) is 11.1. The molecular formula is C25H34FN3O2. The van der Waals surface area contributed by atoms with E-state index in [0.717, 1.165) is 27.5 Å². The van der Waals surface area contributed by atoms with E-state index in [0.29, 0.717) is 18.3 Å². The number of rotatable bonds is 8. The molecule has 0 saturated carbocycles. The molecule has 2 aromatic rings. The van der Waals surface area contributed by atoms with E-state index in [1.54, 1.807) is 24.3 Å². The lowest BCUT2D eigenvalue weighted by Crippen LogP contribution is -2.49. The molecule has 0 spiro atoms. The third-order valence-electron chi connectivity index (χ3n) is 4.76. The van der Waals surface area contributed by atoms with E-state index in [2.05, 4.69) is 5.32 Å². The van der Waals surface area contributed by atoms with Gasteiger partial charge in [0.05, 0.1) is 9.35 Å². The zero-order valence-corrected chi connectivity index (χ0v) is 18.2. The zero-order chi connectivity index (χ0) is 27.6. The van der Waals surface area contributed by atoms with Gasteiger partial charge < -0.3 is 19.9 Å². The SMILES string of the molecule is [2H]C1([2H])CC(N(C(=O)NCc2ccc(OCC(C)C)cc2)C([2H])([2H])c2ccc(F)cc2)CC([2H])([2H])N1C. The predicted octanol–water partition coefficient (Wildman–Crippen LogP) is 4.67. The first-order chi connectivity index (χ1) is 17.1. The summed E-state index contributed by atoms with van der Waals surface area (Å²) in [6.07, 6.45) is -0.613. The van der Waals surface area contributed by atoms with E-state index < -0.39 is 37.4 Å². The molecule has 0 atom stereocenters. The molecule has 1 aliphatic rings. The first-order valence-electron chi connectivity index (χ1n) is 13.4. The van der Waals surface area contributed by atoms with E-state index in [-0.39, 0.29) is 24.9 Å². The Hall–Kier alpha value is -2.60. The number of benzene rings is 2. The molecule has 1 heterocycles. The van der Waals surface area contributed by atoms with Crippen molar-refractivity contribution in [2.24, 2.45) is 5.92 Å². The molecule has 1 aliphatic heterocycles. The van der Waals surface area contributed by atoms with E-state index in [1.807, 2.05) is 13.8 Å². The van der Waals surface area contributed by atoms with Gasteiger partial charge in [-0.3, -0.25) is 0 Å². The van der Waals surface area contributed by atoms with Crippen molar-refractivity contribution in [1.29, 1.82) is 0 Å². The van der Waals surface area contributed by atoms with Crippen molar-refractivity contribution in [2.75, 3.05) is 26.6 Å².